The van der Waals surface area contributed by atoms with Crippen molar-refractivity contribution in [1.29, 1.82) is 0 Å². The van der Waals surface area contributed by atoms with E-state index in [9.17, 15) is 0 Å². The van der Waals surface area contributed by atoms with Crippen molar-refractivity contribution in [2.24, 2.45) is 11.7 Å². The molecule has 1 nitrogen and oxygen atoms in total. The molecule has 0 aromatic heterocycles. The monoisotopic (exact) mass is 253 g/mol. The van der Waals surface area contributed by atoms with Gasteiger partial charge in [0.15, 0.2) is 0 Å². The van der Waals surface area contributed by atoms with Gasteiger partial charge in [-0.2, -0.15) is 0 Å². The Kier molecular flexibility index (Phi) is 3.24. The molecule has 0 spiro atoms. The smallest absolute Gasteiger partial charge is 0.0175 e. The fourth-order valence-electron chi connectivity index (χ4n) is 1.74. The Bertz CT molecular complexity index is 290. The lowest BCUT2D eigenvalue weighted by molar-refractivity contribution is 0.550. The molecule has 2 heteroatoms. The number of hydrogen-bond donors (Lipinski definition) is 1. The predicted molar refractivity (Wildman–Crippen MR) is 63.2 cm³/mol. The molecule has 1 aromatic carbocycles. The Morgan fingerprint density at radius 2 is 1.93 bits per heavy atom. The summed E-state index contributed by atoms with van der Waals surface area (Å²) in [5.41, 5.74) is 7.44. The highest BCUT2D eigenvalue weighted by atomic mass is 79.9. The van der Waals surface area contributed by atoms with Gasteiger partial charge in [-0.15, -0.1) is 0 Å². The van der Waals surface area contributed by atoms with Gasteiger partial charge in [0.2, 0.25) is 0 Å². The van der Waals surface area contributed by atoms with Gasteiger partial charge in [-0.1, -0.05) is 28.1 Å². The summed E-state index contributed by atoms with van der Waals surface area (Å²) < 4.78 is 1.15. The number of rotatable bonds is 4. The molecule has 0 saturated heterocycles. The number of nitrogens with two attached hydrogens (primary N) is 1. The van der Waals surface area contributed by atoms with Crippen LogP contribution in [0.15, 0.2) is 28.7 Å². The number of halogens is 1. The molecule has 0 radical (unpaired) electrons. The molecule has 0 aliphatic heterocycles. The number of hydrogen-bond acceptors (Lipinski definition) is 1. The van der Waals surface area contributed by atoms with E-state index in [0.29, 0.717) is 6.04 Å². The summed E-state index contributed by atoms with van der Waals surface area (Å²) in [6.07, 6.45) is 4.94. The van der Waals surface area contributed by atoms with Crippen molar-refractivity contribution in [3.8, 4) is 0 Å². The third-order valence-electron chi connectivity index (χ3n) is 2.91. The van der Waals surface area contributed by atoms with Gasteiger partial charge >= 0.3 is 0 Å². The first-order valence-electron chi connectivity index (χ1n) is 5.26. The fourth-order valence-corrected chi connectivity index (χ4v) is 2.01. The second-order valence-corrected chi connectivity index (χ2v) is 5.08. The van der Waals surface area contributed by atoms with Gasteiger partial charge in [-0.05, 0) is 49.3 Å². The van der Waals surface area contributed by atoms with Crippen molar-refractivity contribution in [1.82, 2.24) is 0 Å². The van der Waals surface area contributed by atoms with Gasteiger partial charge < -0.3 is 5.73 Å². The van der Waals surface area contributed by atoms with E-state index in [1.165, 1.54) is 18.4 Å². The van der Waals surface area contributed by atoms with Crippen LogP contribution < -0.4 is 5.73 Å². The first-order chi connectivity index (χ1) is 6.75. The number of benzene rings is 1. The molecule has 76 valence electrons. The lowest BCUT2D eigenvalue weighted by Crippen LogP contribution is -2.22. The minimum Gasteiger partial charge on any atom is -0.327 e. The van der Waals surface area contributed by atoms with Crippen LogP contribution in [-0.2, 0) is 6.42 Å². The zero-order chi connectivity index (χ0) is 9.97. The summed E-state index contributed by atoms with van der Waals surface area (Å²) in [6, 6.07) is 8.96. The van der Waals surface area contributed by atoms with Crippen molar-refractivity contribution in [2.75, 3.05) is 0 Å². The van der Waals surface area contributed by atoms with Crippen LogP contribution in [0.2, 0.25) is 0 Å². The lowest BCUT2D eigenvalue weighted by Gasteiger charge is -2.09. The van der Waals surface area contributed by atoms with E-state index in [-0.39, 0.29) is 0 Å². The summed E-state index contributed by atoms with van der Waals surface area (Å²) in [5.74, 6) is 0.824. The second kappa shape index (κ2) is 4.45. The average molecular weight is 254 g/mol. The van der Waals surface area contributed by atoms with Gasteiger partial charge in [0.1, 0.15) is 0 Å². The molecule has 14 heavy (non-hydrogen) atoms. The average Bonchev–Trinajstić information content (AvgIpc) is 3.00. The first kappa shape index (κ1) is 10.2. The molecule has 1 unspecified atom stereocenters. The van der Waals surface area contributed by atoms with Crippen LogP contribution in [0.1, 0.15) is 24.8 Å². The van der Waals surface area contributed by atoms with Crippen LogP contribution in [-0.4, -0.2) is 6.04 Å². The van der Waals surface area contributed by atoms with Gasteiger partial charge in [0.05, 0.1) is 0 Å². The van der Waals surface area contributed by atoms with Gasteiger partial charge in [-0.3, -0.25) is 0 Å². The van der Waals surface area contributed by atoms with Crippen LogP contribution in [0.5, 0.6) is 0 Å². The van der Waals surface area contributed by atoms with Crippen LogP contribution in [0.3, 0.4) is 0 Å². The summed E-state index contributed by atoms with van der Waals surface area (Å²) in [7, 11) is 0. The van der Waals surface area contributed by atoms with Crippen LogP contribution >= 0.6 is 15.9 Å². The molecule has 0 heterocycles. The van der Waals surface area contributed by atoms with Crippen molar-refractivity contribution in [3.05, 3.63) is 34.3 Å². The normalized spacial score (nSPS) is 18.1. The SMILES string of the molecule is NC(CCc1ccc(Br)cc1)C1CC1. The zero-order valence-corrected chi connectivity index (χ0v) is 9.83. The predicted octanol–water partition coefficient (Wildman–Crippen LogP) is 3.12. The maximum atomic E-state index is 6.05. The van der Waals surface area contributed by atoms with E-state index >= 15 is 0 Å². The summed E-state index contributed by atoms with van der Waals surface area (Å²) >= 11 is 3.43. The summed E-state index contributed by atoms with van der Waals surface area (Å²) in [6.45, 7) is 0. The molecule has 1 aliphatic carbocycles. The van der Waals surface area contributed by atoms with Gasteiger partial charge in [0, 0.05) is 10.5 Å². The Morgan fingerprint density at radius 1 is 1.29 bits per heavy atom. The van der Waals surface area contributed by atoms with Crippen LogP contribution in [0.25, 0.3) is 0 Å². The molecule has 2 rings (SSSR count). The lowest BCUT2D eigenvalue weighted by atomic mass is 10.0. The molecule has 0 bridgehead atoms. The van der Waals surface area contributed by atoms with Crippen LogP contribution in [0.4, 0.5) is 0 Å². The quantitative estimate of drug-likeness (QED) is 0.877. The minimum atomic E-state index is 0.429. The Hall–Kier alpha value is -0.340. The zero-order valence-electron chi connectivity index (χ0n) is 8.25. The Balaban J connectivity index is 1.82. The third-order valence-corrected chi connectivity index (χ3v) is 3.44. The van der Waals surface area contributed by atoms with E-state index in [1.54, 1.807) is 0 Å². The summed E-state index contributed by atoms with van der Waals surface area (Å²) in [4.78, 5) is 0. The van der Waals surface area contributed by atoms with E-state index in [2.05, 4.69) is 40.2 Å². The van der Waals surface area contributed by atoms with Crippen molar-refractivity contribution in [3.63, 3.8) is 0 Å². The van der Waals surface area contributed by atoms with E-state index < -0.39 is 0 Å². The molecule has 1 saturated carbocycles. The highest BCUT2D eigenvalue weighted by molar-refractivity contribution is 9.10. The molecular formula is C12H16BrN. The highest BCUT2D eigenvalue weighted by Crippen LogP contribution is 2.33. The molecule has 2 N–H and O–H groups in total. The van der Waals surface area contributed by atoms with Crippen LogP contribution in [0, 0.1) is 5.92 Å². The topological polar surface area (TPSA) is 26.0 Å². The minimum absolute atomic E-state index is 0.429. The summed E-state index contributed by atoms with van der Waals surface area (Å²) in [5, 5.41) is 0. The maximum absolute atomic E-state index is 6.05. The number of aryl methyl sites for hydroxylation is 1. The maximum Gasteiger partial charge on any atom is 0.0175 e. The second-order valence-electron chi connectivity index (χ2n) is 4.17. The first-order valence-corrected chi connectivity index (χ1v) is 6.05. The molecular weight excluding hydrogens is 238 g/mol. The van der Waals surface area contributed by atoms with E-state index in [1.807, 2.05) is 0 Å². The Morgan fingerprint density at radius 3 is 2.50 bits per heavy atom. The molecule has 1 aromatic rings. The standard InChI is InChI=1S/C12H16BrN/c13-11-6-1-9(2-7-11)3-8-12(14)10-4-5-10/h1-2,6-7,10,12H,3-5,8,14H2. The van der Waals surface area contributed by atoms with Crippen molar-refractivity contribution < 1.29 is 0 Å². The third kappa shape index (κ3) is 2.82. The van der Waals surface area contributed by atoms with E-state index in [0.717, 1.165) is 23.2 Å². The Labute approximate surface area is 93.8 Å². The largest absolute Gasteiger partial charge is 0.327 e. The molecule has 0 amide bonds. The van der Waals surface area contributed by atoms with Crippen molar-refractivity contribution in [2.45, 2.75) is 31.7 Å². The highest BCUT2D eigenvalue weighted by Gasteiger charge is 2.27. The van der Waals surface area contributed by atoms with Crippen molar-refractivity contribution >= 4 is 15.9 Å². The fraction of sp³-hybridized carbons (Fsp3) is 0.500. The molecule has 1 fully saturated rings. The molecule has 1 aliphatic rings. The van der Waals surface area contributed by atoms with Gasteiger partial charge in [-0.25, -0.2) is 0 Å². The van der Waals surface area contributed by atoms with Gasteiger partial charge in [0.25, 0.3) is 0 Å². The van der Waals surface area contributed by atoms with E-state index in [4.69, 9.17) is 5.73 Å². The molecule has 1 atom stereocenters.